The molecule has 0 radical (unpaired) electrons. The molecule has 1 saturated carbocycles. The highest BCUT2D eigenvalue weighted by atomic mass is 16.5. The van der Waals surface area contributed by atoms with Crippen molar-refractivity contribution < 1.29 is 19.2 Å². The van der Waals surface area contributed by atoms with Gasteiger partial charge in [0.1, 0.15) is 11.8 Å². The molecule has 1 aromatic rings. The highest BCUT2D eigenvalue weighted by Gasteiger charge is 2.53. The maximum absolute atomic E-state index is 13.4. The molecule has 6 heteroatoms. The summed E-state index contributed by atoms with van der Waals surface area (Å²) in [6.45, 7) is 3.73. The van der Waals surface area contributed by atoms with Gasteiger partial charge in [-0.05, 0) is 37.8 Å². The Bertz CT molecular complexity index is 679. The third kappa shape index (κ3) is 3.48. The van der Waals surface area contributed by atoms with E-state index in [9.17, 15) is 9.59 Å². The summed E-state index contributed by atoms with van der Waals surface area (Å²) in [4.78, 5) is 31.9. The number of benzene rings is 1. The number of nitrogens with one attached hydrogen (secondary N) is 1. The Morgan fingerprint density at radius 3 is 2.41 bits per heavy atom. The first-order valence-electron chi connectivity index (χ1n) is 10.2. The number of amides is 2. The number of piperazine rings is 1. The summed E-state index contributed by atoms with van der Waals surface area (Å²) >= 11 is 0. The van der Waals surface area contributed by atoms with E-state index in [4.69, 9.17) is 4.74 Å². The average Bonchev–Trinajstić information content (AvgIpc) is 3.07. The molecule has 1 aliphatic carbocycles. The number of hydrogen-bond donors (Lipinski definition) is 1. The average molecular weight is 372 g/mol. The summed E-state index contributed by atoms with van der Waals surface area (Å²) in [5, 5.41) is 0. The molecular weight excluding hydrogens is 342 g/mol. The fourth-order valence-electron chi connectivity index (χ4n) is 4.70. The molecule has 146 valence electrons. The summed E-state index contributed by atoms with van der Waals surface area (Å²) in [5.74, 6) is -0.0256. The molecule has 4 rings (SSSR count). The van der Waals surface area contributed by atoms with Crippen molar-refractivity contribution in [2.75, 3.05) is 39.8 Å². The summed E-state index contributed by atoms with van der Waals surface area (Å²) in [6.07, 6.45) is 4.89. The summed E-state index contributed by atoms with van der Waals surface area (Å²) in [6, 6.07) is 8.81. The maximum atomic E-state index is 13.4. The van der Waals surface area contributed by atoms with Gasteiger partial charge >= 0.3 is 0 Å². The number of carbonyl (C=O) groups is 2. The molecule has 1 atom stereocenters. The van der Waals surface area contributed by atoms with E-state index < -0.39 is 11.8 Å². The van der Waals surface area contributed by atoms with Crippen molar-refractivity contribution in [2.45, 2.75) is 43.9 Å². The Hall–Kier alpha value is -1.92. The molecule has 6 nitrogen and oxygen atoms in total. The van der Waals surface area contributed by atoms with Crippen LogP contribution in [-0.4, -0.2) is 73.2 Å². The van der Waals surface area contributed by atoms with Gasteiger partial charge in [-0.3, -0.25) is 14.5 Å². The highest BCUT2D eigenvalue weighted by Crippen LogP contribution is 2.41. The SMILES string of the molecule is C[NH+]1CCN(C(=O)[C@H]2COC3(CCCCC3)N2C(=O)c2ccccc2)CC1. The summed E-state index contributed by atoms with van der Waals surface area (Å²) in [7, 11) is 2.16. The van der Waals surface area contributed by atoms with Crippen LogP contribution in [0.2, 0.25) is 0 Å². The molecule has 2 heterocycles. The van der Waals surface area contributed by atoms with Crippen LogP contribution in [0, 0.1) is 0 Å². The normalized spacial score (nSPS) is 25.7. The lowest BCUT2D eigenvalue weighted by Crippen LogP contribution is -3.12. The molecule has 3 aliphatic rings. The van der Waals surface area contributed by atoms with Crippen LogP contribution in [0.4, 0.5) is 0 Å². The van der Waals surface area contributed by atoms with Crippen molar-refractivity contribution in [3.8, 4) is 0 Å². The minimum atomic E-state index is -0.608. The van der Waals surface area contributed by atoms with Crippen LogP contribution in [0.15, 0.2) is 30.3 Å². The van der Waals surface area contributed by atoms with E-state index in [1.54, 1.807) is 4.90 Å². The third-order valence-electron chi connectivity index (χ3n) is 6.35. The lowest BCUT2D eigenvalue weighted by atomic mass is 9.89. The monoisotopic (exact) mass is 372 g/mol. The molecule has 0 unspecified atom stereocenters. The number of carbonyl (C=O) groups excluding carboxylic acids is 2. The first-order valence-corrected chi connectivity index (χ1v) is 10.2. The highest BCUT2D eigenvalue weighted by molar-refractivity contribution is 5.98. The second-order valence-electron chi connectivity index (χ2n) is 8.16. The molecule has 1 N–H and O–H groups in total. The minimum absolute atomic E-state index is 0.0502. The molecule has 1 aromatic carbocycles. The fraction of sp³-hybridized carbons (Fsp3) is 0.619. The van der Waals surface area contributed by atoms with E-state index in [0.29, 0.717) is 12.2 Å². The van der Waals surface area contributed by atoms with Crippen LogP contribution in [0.3, 0.4) is 0 Å². The van der Waals surface area contributed by atoms with Gasteiger partial charge in [0.2, 0.25) is 5.91 Å². The van der Waals surface area contributed by atoms with Gasteiger partial charge < -0.3 is 14.5 Å². The minimum Gasteiger partial charge on any atom is -0.353 e. The maximum Gasteiger partial charge on any atom is 0.256 e. The van der Waals surface area contributed by atoms with Crippen LogP contribution in [-0.2, 0) is 9.53 Å². The first-order chi connectivity index (χ1) is 13.1. The predicted molar refractivity (Wildman–Crippen MR) is 101 cm³/mol. The third-order valence-corrected chi connectivity index (χ3v) is 6.35. The largest absolute Gasteiger partial charge is 0.353 e. The van der Waals surface area contributed by atoms with Crippen molar-refractivity contribution >= 4 is 11.8 Å². The smallest absolute Gasteiger partial charge is 0.256 e. The van der Waals surface area contributed by atoms with E-state index in [2.05, 4.69) is 7.05 Å². The number of hydrogen-bond acceptors (Lipinski definition) is 3. The number of ether oxygens (including phenoxy) is 1. The molecule has 2 amide bonds. The lowest BCUT2D eigenvalue weighted by molar-refractivity contribution is -0.883. The summed E-state index contributed by atoms with van der Waals surface area (Å²) in [5.41, 5.74) is 0.0251. The second-order valence-corrected chi connectivity index (χ2v) is 8.16. The topological polar surface area (TPSA) is 54.3 Å². The molecule has 0 aromatic heterocycles. The van der Waals surface area contributed by atoms with Crippen molar-refractivity contribution in [2.24, 2.45) is 0 Å². The number of quaternary nitrogens is 1. The number of nitrogens with zero attached hydrogens (tertiary/aromatic N) is 2. The quantitative estimate of drug-likeness (QED) is 0.825. The zero-order valence-corrected chi connectivity index (χ0v) is 16.2. The fourth-order valence-corrected chi connectivity index (χ4v) is 4.70. The van der Waals surface area contributed by atoms with Crippen molar-refractivity contribution in [1.82, 2.24) is 9.80 Å². The van der Waals surface area contributed by atoms with Crippen LogP contribution in [0.1, 0.15) is 42.5 Å². The van der Waals surface area contributed by atoms with Gasteiger partial charge in [0, 0.05) is 5.56 Å². The van der Waals surface area contributed by atoms with Crippen LogP contribution in [0.5, 0.6) is 0 Å². The van der Waals surface area contributed by atoms with E-state index in [1.807, 2.05) is 35.2 Å². The van der Waals surface area contributed by atoms with Crippen molar-refractivity contribution in [1.29, 1.82) is 0 Å². The molecular formula is C21H30N3O3+. The molecule has 3 fully saturated rings. The first kappa shape index (κ1) is 18.4. The van der Waals surface area contributed by atoms with Gasteiger partial charge in [-0.1, -0.05) is 24.6 Å². The van der Waals surface area contributed by atoms with E-state index >= 15 is 0 Å². The molecule has 2 saturated heterocycles. The van der Waals surface area contributed by atoms with Gasteiger partial charge in [-0.2, -0.15) is 0 Å². The van der Waals surface area contributed by atoms with Crippen molar-refractivity contribution in [3.05, 3.63) is 35.9 Å². The summed E-state index contributed by atoms with van der Waals surface area (Å²) < 4.78 is 6.23. The molecule has 1 spiro atoms. The van der Waals surface area contributed by atoms with Crippen molar-refractivity contribution in [3.63, 3.8) is 0 Å². The van der Waals surface area contributed by atoms with E-state index in [0.717, 1.165) is 51.9 Å². The lowest BCUT2D eigenvalue weighted by Gasteiger charge is -2.42. The van der Waals surface area contributed by atoms with Gasteiger partial charge in [0.15, 0.2) is 0 Å². The zero-order chi connectivity index (χ0) is 18.9. The molecule has 2 aliphatic heterocycles. The van der Waals surface area contributed by atoms with Crippen LogP contribution in [0.25, 0.3) is 0 Å². The predicted octanol–water partition coefficient (Wildman–Crippen LogP) is 0.545. The number of rotatable bonds is 2. The Balaban J connectivity index is 1.62. The Labute approximate surface area is 161 Å². The number of likely N-dealkylation sites (N-methyl/N-ethyl adjacent to an activating group) is 1. The van der Waals surface area contributed by atoms with E-state index in [1.165, 1.54) is 11.3 Å². The van der Waals surface area contributed by atoms with Crippen LogP contribution >= 0.6 is 0 Å². The Kier molecular flexibility index (Phi) is 5.19. The Morgan fingerprint density at radius 2 is 1.74 bits per heavy atom. The van der Waals surface area contributed by atoms with Crippen LogP contribution < -0.4 is 4.90 Å². The van der Waals surface area contributed by atoms with Gasteiger partial charge in [0.25, 0.3) is 5.91 Å². The van der Waals surface area contributed by atoms with Gasteiger partial charge in [-0.25, -0.2) is 0 Å². The van der Waals surface area contributed by atoms with E-state index in [-0.39, 0.29) is 11.8 Å². The Morgan fingerprint density at radius 1 is 1.07 bits per heavy atom. The molecule has 27 heavy (non-hydrogen) atoms. The standard InChI is InChI=1S/C21H29N3O3/c1-22-12-14-23(15-13-22)20(26)18-16-27-21(10-6-3-7-11-21)24(18)19(25)17-8-4-2-5-9-17/h2,4-5,8-9,18H,3,6-7,10-16H2,1H3/p+1/t18-/m1/s1. The zero-order valence-electron chi connectivity index (χ0n) is 16.2. The molecule has 0 bridgehead atoms. The van der Waals surface area contributed by atoms with Gasteiger partial charge in [-0.15, -0.1) is 0 Å². The second kappa shape index (κ2) is 7.60. The van der Waals surface area contributed by atoms with Gasteiger partial charge in [0.05, 0.1) is 39.8 Å².